The van der Waals surface area contributed by atoms with Crippen molar-refractivity contribution in [1.82, 2.24) is 0 Å². The molecule has 1 aliphatic rings. The molecule has 0 spiro atoms. The van der Waals surface area contributed by atoms with Crippen LogP contribution in [0, 0.1) is 5.92 Å². The van der Waals surface area contributed by atoms with Crippen molar-refractivity contribution in [3.05, 3.63) is 23.8 Å². The SMILES string of the molecule is CC1=CC(C)C(Cl)C=C1. The van der Waals surface area contributed by atoms with E-state index in [-0.39, 0.29) is 5.38 Å². The van der Waals surface area contributed by atoms with E-state index in [0.29, 0.717) is 5.92 Å². The molecule has 0 bridgehead atoms. The van der Waals surface area contributed by atoms with E-state index in [4.69, 9.17) is 11.6 Å². The minimum absolute atomic E-state index is 0.202. The number of alkyl halides is 1. The Hall–Kier alpha value is -0.230. The summed E-state index contributed by atoms with van der Waals surface area (Å²) in [5.74, 6) is 0.497. The summed E-state index contributed by atoms with van der Waals surface area (Å²) in [6, 6.07) is 0. The summed E-state index contributed by atoms with van der Waals surface area (Å²) >= 11 is 5.90. The van der Waals surface area contributed by atoms with Crippen molar-refractivity contribution in [1.29, 1.82) is 0 Å². The van der Waals surface area contributed by atoms with Gasteiger partial charge < -0.3 is 0 Å². The Labute approximate surface area is 61.2 Å². The molecule has 0 fully saturated rings. The van der Waals surface area contributed by atoms with Gasteiger partial charge in [0, 0.05) is 0 Å². The van der Waals surface area contributed by atoms with E-state index in [1.807, 2.05) is 6.08 Å². The van der Waals surface area contributed by atoms with Gasteiger partial charge in [0.15, 0.2) is 0 Å². The third kappa shape index (κ3) is 1.59. The fraction of sp³-hybridized carbons (Fsp3) is 0.500. The van der Waals surface area contributed by atoms with Crippen molar-refractivity contribution in [2.75, 3.05) is 0 Å². The van der Waals surface area contributed by atoms with Crippen molar-refractivity contribution >= 4 is 11.6 Å². The molecule has 1 heteroatoms. The van der Waals surface area contributed by atoms with Gasteiger partial charge in [0.2, 0.25) is 0 Å². The first-order valence-electron chi connectivity index (χ1n) is 3.21. The smallest absolute Gasteiger partial charge is 0.0579 e. The molecular formula is C8H11Cl. The molecule has 50 valence electrons. The first-order valence-corrected chi connectivity index (χ1v) is 3.64. The number of hydrogen-bond donors (Lipinski definition) is 0. The second-order valence-electron chi connectivity index (χ2n) is 2.57. The molecule has 0 aromatic heterocycles. The predicted octanol–water partition coefficient (Wildman–Crippen LogP) is 2.75. The van der Waals surface area contributed by atoms with Crippen molar-refractivity contribution in [2.24, 2.45) is 5.92 Å². The van der Waals surface area contributed by atoms with Gasteiger partial charge in [-0.3, -0.25) is 0 Å². The third-order valence-electron chi connectivity index (χ3n) is 1.57. The lowest BCUT2D eigenvalue weighted by molar-refractivity contribution is 0.737. The summed E-state index contributed by atoms with van der Waals surface area (Å²) in [5, 5.41) is 0.202. The van der Waals surface area contributed by atoms with Gasteiger partial charge in [0.25, 0.3) is 0 Å². The molecule has 0 heterocycles. The van der Waals surface area contributed by atoms with E-state index in [2.05, 4.69) is 26.0 Å². The molecule has 0 amide bonds. The molecule has 0 aliphatic heterocycles. The summed E-state index contributed by atoms with van der Waals surface area (Å²) < 4.78 is 0. The van der Waals surface area contributed by atoms with E-state index in [1.54, 1.807) is 0 Å². The van der Waals surface area contributed by atoms with Crippen LogP contribution in [-0.2, 0) is 0 Å². The highest BCUT2D eigenvalue weighted by molar-refractivity contribution is 6.22. The van der Waals surface area contributed by atoms with Crippen LogP contribution >= 0.6 is 11.6 Å². The van der Waals surface area contributed by atoms with Gasteiger partial charge in [-0.05, 0) is 12.8 Å². The molecule has 0 radical (unpaired) electrons. The molecule has 2 atom stereocenters. The average Bonchev–Trinajstić information content (AvgIpc) is 1.80. The molecule has 0 aromatic rings. The first-order chi connectivity index (χ1) is 4.20. The Kier molecular flexibility index (Phi) is 1.97. The van der Waals surface area contributed by atoms with Crippen molar-refractivity contribution in [2.45, 2.75) is 19.2 Å². The van der Waals surface area contributed by atoms with Gasteiger partial charge in [-0.25, -0.2) is 0 Å². The summed E-state index contributed by atoms with van der Waals surface area (Å²) in [6.07, 6.45) is 6.30. The van der Waals surface area contributed by atoms with Gasteiger partial charge in [-0.1, -0.05) is 30.7 Å². The predicted molar refractivity (Wildman–Crippen MR) is 41.7 cm³/mol. The van der Waals surface area contributed by atoms with Crippen LogP contribution in [0.2, 0.25) is 0 Å². The molecule has 1 aliphatic carbocycles. The Morgan fingerprint density at radius 3 is 2.67 bits per heavy atom. The van der Waals surface area contributed by atoms with E-state index in [9.17, 15) is 0 Å². The number of rotatable bonds is 0. The molecule has 0 aromatic carbocycles. The number of allylic oxidation sites excluding steroid dienone is 4. The Morgan fingerprint density at radius 2 is 2.22 bits per heavy atom. The highest BCUT2D eigenvalue weighted by Gasteiger charge is 2.11. The summed E-state index contributed by atoms with van der Waals surface area (Å²) in [5.41, 5.74) is 1.32. The van der Waals surface area contributed by atoms with Gasteiger partial charge >= 0.3 is 0 Å². The number of hydrogen-bond acceptors (Lipinski definition) is 0. The minimum atomic E-state index is 0.202. The Bertz CT molecular complexity index is 156. The van der Waals surface area contributed by atoms with E-state index < -0.39 is 0 Å². The quantitative estimate of drug-likeness (QED) is 0.457. The molecule has 0 saturated heterocycles. The average molecular weight is 143 g/mol. The second kappa shape index (κ2) is 2.57. The fourth-order valence-electron chi connectivity index (χ4n) is 0.981. The van der Waals surface area contributed by atoms with Crippen LogP contribution in [0.4, 0.5) is 0 Å². The topological polar surface area (TPSA) is 0 Å². The molecule has 2 unspecified atom stereocenters. The van der Waals surface area contributed by atoms with Crippen molar-refractivity contribution in [3.8, 4) is 0 Å². The largest absolute Gasteiger partial charge is 0.118 e. The van der Waals surface area contributed by atoms with Crippen molar-refractivity contribution in [3.63, 3.8) is 0 Å². The highest BCUT2D eigenvalue weighted by Crippen LogP contribution is 2.20. The molecule has 0 nitrogen and oxygen atoms in total. The van der Waals surface area contributed by atoms with Gasteiger partial charge in [0.1, 0.15) is 0 Å². The summed E-state index contributed by atoms with van der Waals surface area (Å²) in [7, 11) is 0. The standard InChI is InChI=1S/C8H11Cl/c1-6-3-4-8(9)7(2)5-6/h3-5,7-8H,1-2H3. The zero-order valence-electron chi connectivity index (χ0n) is 5.76. The molecular weight excluding hydrogens is 132 g/mol. The third-order valence-corrected chi connectivity index (χ3v) is 2.11. The van der Waals surface area contributed by atoms with Crippen LogP contribution < -0.4 is 0 Å². The maximum atomic E-state index is 5.90. The van der Waals surface area contributed by atoms with Crippen LogP contribution in [0.5, 0.6) is 0 Å². The van der Waals surface area contributed by atoms with Gasteiger partial charge in [0.05, 0.1) is 5.38 Å². The van der Waals surface area contributed by atoms with E-state index in [1.165, 1.54) is 5.57 Å². The molecule has 0 N–H and O–H groups in total. The maximum Gasteiger partial charge on any atom is 0.0579 e. The summed E-state index contributed by atoms with van der Waals surface area (Å²) in [4.78, 5) is 0. The normalized spacial score (nSPS) is 34.3. The lowest BCUT2D eigenvalue weighted by Crippen LogP contribution is -2.08. The first kappa shape index (κ1) is 6.88. The Balaban J connectivity index is 2.70. The van der Waals surface area contributed by atoms with Crippen LogP contribution in [0.1, 0.15) is 13.8 Å². The minimum Gasteiger partial charge on any atom is -0.118 e. The van der Waals surface area contributed by atoms with Crippen LogP contribution in [-0.4, -0.2) is 5.38 Å². The lowest BCUT2D eigenvalue weighted by atomic mass is 9.99. The van der Waals surface area contributed by atoms with E-state index in [0.717, 1.165) is 0 Å². The molecule has 0 saturated carbocycles. The van der Waals surface area contributed by atoms with Crippen LogP contribution in [0.3, 0.4) is 0 Å². The van der Waals surface area contributed by atoms with Gasteiger partial charge in [-0.15, -0.1) is 11.6 Å². The van der Waals surface area contributed by atoms with Crippen LogP contribution in [0.25, 0.3) is 0 Å². The number of halogens is 1. The highest BCUT2D eigenvalue weighted by atomic mass is 35.5. The lowest BCUT2D eigenvalue weighted by Gasteiger charge is -2.14. The van der Waals surface area contributed by atoms with Gasteiger partial charge in [-0.2, -0.15) is 0 Å². The zero-order valence-corrected chi connectivity index (χ0v) is 6.52. The monoisotopic (exact) mass is 142 g/mol. The van der Waals surface area contributed by atoms with Crippen molar-refractivity contribution < 1.29 is 0 Å². The molecule has 1 rings (SSSR count). The van der Waals surface area contributed by atoms with E-state index >= 15 is 0 Å². The summed E-state index contributed by atoms with van der Waals surface area (Å²) in [6.45, 7) is 4.22. The van der Waals surface area contributed by atoms with Crippen LogP contribution in [0.15, 0.2) is 23.8 Å². The second-order valence-corrected chi connectivity index (χ2v) is 3.08. The Morgan fingerprint density at radius 1 is 1.56 bits per heavy atom. The fourth-order valence-corrected chi connectivity index (χ4v) is 1.13. The maximum absolute atomic E-state index is 5.90. The molecule has 9 heavy (non-hydrogen) atoms. The zero-order chi connectivity index (χ0) is 6.85.